The number of thiazole rings is 1. The molecule has 0 radical (unpaired) electrons. The van der Waals surface area contributed by atoms with Crippen LogP contribution in [0.1, 0.15) is 11.7 Å². The highest BCUT2D eigenvalue weighted by molar-refractivity contribution is 7.16. The van der Waals surface area contributed by atoms with Crippen molar-refractivity contribution in [2.45, 2.75) is 6.92 Å². The summed E-state index contributed by atoms with van der Waals surface area (Å²) in [6.45, 7) is 1.39. The first kappa shape index (κ1) is 8.19. The Bertz CT molecular complexity index is 524. The van der Waals surface area contributed by atoms with E-state index in [9.17, 15) is 9.59 Å². The maximum Gasteiger partial charge on any atom is 0.314 e. The second-order valence-corrected chi connectivity index (χ2v) is 3.68. The van der Waals surface area contributed by atoms with Gasteiger partial charge in [0.1, 0.15) is 0 Å². The van der Waals surface area contributed by atoms with E-state index in [2.05, 4.69) is 0 Å². The minimum atomic E-state index is -0.234. The molecule has 0 bridgehead atoms. The summed E-state index contributed by atoms with van der Waals surface area (Å²) in [5.41, 5.74) is 0.699. The maximum absolute atomic E-state index is 11.3. The van der Waals surface area contributed by atoms with Crippen LogP contribution in [0.2, 0.25) is 0 Å². The predicted octanol–water partition coefficient (Wildman–Crippen LogP) is 1.72. The monoisotopic (exact) mass is 193 g/mol. The average molecular weight is 193 g/mol. The molecule has 66 valence electrons. The van der Waals surface area contributed by atoms with Crippen LogP contribution in [0.15, 0.2) is 29.1 Å². The summed E-state index contributed by atoms with van der Waals surface area (Å²) >= 11 is 1.09. The Morgan fingerprint density at radius 3 is 2.77 bits per heavy atom. The van der Waals surface area contributed by atoms with Crippen LogP contribution in [0.4, 0.5) is 0 Å². The minimum Gasteiger partial charge on any atom is -0.274 e. The van der Waals surface area contributed by atoms with Crippen molar-refractivity contribution in [2.24, 2.45) is 0 Å². The molecule has 13 heavy (non-hydrogen) atoms. The molecule has 0 fully saturated rings. The Balaban J connectivity index is 2.95. The zero-order chi connectivity index (χ0) is 9.42. The SMILES string of the molecule is CC(=O)n1c(=O)sc2ccccc21. The molecular formula is C9H7NO2S. The van der Waals surface area contributed by atoms with Crippen LogP contribution < -0.4 is 4.87 Å². The van der Waals surface area contributed by atoms with Gasteiger partial charge in [-0.15, -0.1) is 0 Å². The van der Waals surface area contributed by atoms with Gasteiger partial charge in [-0.25, -0.2) is 4.57 Å². The van der Waals surface area contributed by atoms with Crippen molar-refractivity contribution < 1.29 is 4.79 Å². The highest BCUT2D eigenvalue weighted by atomic mass is 32.1. The minimum absolute atomic E-state index is 0.214. The van der Waals surface area contributed by atoms with E-state index in [1.807, 2.05) is 18.2 Å². The number of benzene rings is 1. The number of nitrogens with zero attached hydrogens (tertiary/aromatic N) is 1. The molecule has 2 aromatic rings. The molecule has 1 aromatic heterocycles. The van der Waals surface area contributed by atoms with Gasteiger partial charge in [-0.3, -0.25) is 9.59 Å². The molecule has 0 saturated heterocycles. The van der Waals surface area contributed by atoms with Gasteiger partial charge in [-0.05, 0) is 12.1 Å². The Labute approximate surface area is 78.2 Å². The zero-order valence-corrected chi connectivity index (χ0v) is 7.80. The highest BCUT2D eigenvalue weighted by Crippen LogP contribution is 2.15. The molecule has 0 spiro atoms. The van der Waals surface area contributed by atoms with Crippen LogP contribution in [0.5, 0.6) is 0 Å². The number of fused-ring (bicyclic) bond motifs is 1. The lowest BCUT2D eigenvalue weighted by Gasteiger charge is -1.94. The number of rotatable bonds is 0. The second-order valence-electron chi connectivity index (χ2n) is 2.69. The van der Waals surface area contributed by atoms with E-state index < -0.39 is 0 Å². The Morgan fingerprint density at radius 1 is 1.38 bits per heavy atom. The van der Waals surface area contributed by atoms with Crippen molar-refractivity contribution in [3.05, 3.63) is 33.9 Å². The smallest absolute Gasteiger partial charge is 0.274 e. The van der Waals surface area contributed by atoms with Crippen LogP contribution in [-0.4, -0.2) is 10.5 Å². The molecule has 0 N–H and O–H groups in total. The van der Waals surface area contributed by atoms with Crippen LogP contribution in [0.3, 0.4) is 0 Å². The topological polar surface area (TPSA) is 39.1 Å². The maximum atomic E-state index is 11.3. The fraction of sp³-hybridized carbons (Fsp3) is 0.111. The number of hydrogen-bond donors (Lipinski definition) is 0. The van der Waals surface area contributed by atoms with Crippen LogP contribution >= 0.6 is 11.3 Å². The average Bonchev–Trinajstić information content (AvgIpc) is 2.39. The van der Waals surface area contributed by atoms with E-state index in [1.165, 1.54) is 11.5 Å². The van der Waals surface area contributed by atoms with Crippen LogP contribution in [0.25, 0.3) is 10.2 Å². The second kappa shape index (κ2) is 2.81. The highest BCUT2D eigenvalue weighted by Gasteiger charge is 2.08. The van der Waals surface area contributed by atoms with E-state index in [4.69, 9.17) is 0 Å². The molecule has 0 saturated carbocycles. The molecule has 3 nitrogen and oxygen atoms in total. The molecule has 1 aromatic carbocycles. The van der Waals surface area contributed by atoms with E-state index in [0.29, 0.717) is 5.52 Å². The molecule has 4 heteroatoms. The van der Waals surface area contributed by atoms with Gasteiger partial charge in [0, 0.05) is 6.92 Å². The van der Waals surface area contributed by atoms with E-state index in [1.54, 1.807) is 6.07 Å². The van der Waals surface area contributed by atoms with Crippen molar-refractivity contribution in [2.75, 3.05) is 0 Å². The first-order valence-corrected chi connectivity index (χ1v) is 4.63. The molecule has 2 rings (SSSR count). The molecule has 0 aliphatic carbocycles. The normalized spacial score (nSPS) is 10.5. The first-order chi connectivity index (χ1) is 6.20. The van der Waals surface area contributed by atoms with Gasteiger partial charge >= 0.3 is 4.87 Å². The number of hydrogen-bond acceptors (Lipinski definition) is 3. The van der Waals surface area contributed by atoms with Crippen molar-refractivity contribution in [1.82, 2.24) is 4.57 Å². The van der Waals surface area contributed by atoms with Crippen LogP contribution in [0, 0.1) is 0 Å². The summed E-state index contributed by atoms with van der Waals surface area (Å²) in [7, 11) is 0. The summed E-state index contributed by atoms with van der Waals surface area (Å²) in [6, 6.07) is 7.27. The lowest BCUT2D eigenvalue weighted by molar-refractivity contribution is 0.0939. The summed E-state index contributed by atoms with van der Waals surface area (Å²) in [5.74, 6) is -0.234. The Kier molecular flexibility index (Phi) is 1.77. The van der Waals surface area contributed by atoms with Gasteiger partial charge < -0.3 is 0 Å². The lowest BCUT2D eigenvalue weighted by Crippen LogP contribution is -2.18. The third-order valence-electron chi connectivity index (χ3n) is 1.80. The van der Waals surface area contributed by atoms with Gasteiger partial charge in [-0.2, -0.15) is 0 Å². The molecule has 0 amide bonds. The van der Waals surface area contributed by atoms with Crippen LogP contribution in [-0.2, 0) is 0 Å². The summed E-state index contributed by atoms with van der Waals surface area (Å²) in [5, 5.41) is 0. The summed E-state index contributed by atoms with van der Waals surface area (Å²) in [6.07, 6.45) is 0. The first-order valence-electron chi connectivity index (χ1n) is 3.81. The van der Waals surface area contributed by atoms with Crippen molar-refractivity contribution in [3.8, 4) is 0 Å². The number of aromatic nitrogens is 1. The van der Waals surface area contributed by atoms with Gasteiger partial charge in [0.15, 0.2) is 0 Å². The zero-order valence-electron chi connectivity index (χ0n) is 6.98. The fourth-order valence-corrected chi connectivity index (χ4v) is 2.18. The van der Waals surface area contributed by atoms with Gasteiger partial charge in [-0.1, -0.05) is 23.5 Å². The van der Waals surface area contributed by atoms with Gasteiger partial charge in [0.25, 0.3) is 0 Å². The fourth-order valence-electron chi connectivity index (χ4n) is 1.26. The molecule has 1 heterocycles. The van der Waals surface area contributed by atoms with E-state index in [-0.39, 0.29) is 10.8 Å². The van der Waals surface area contributed by atoms with E-state index >= 15 is 0 Å². The molecule has 0 atom stereocenters. The Morgan fingerprint density at radius 2 is 2.08 bits per heavy atom. The molecule has 0 unspecified atom stereocenters. The standard InChI is InChI=1S/C9H7NO2S/c1-6(11)10-7-4-2-3-5-8(7)13-9(10)12/h2-5H,1H3. The van der Waals surface area contributed by atoms with Gasteiger partial charge in [0.05, 0.1) is 10.2 Å². The molecule has 0 aliphatic rings. The van der Waals surface area contributed by atoms with Crippen molar-refractivity contribution in [1.29, 1.82) is 0 Å². The summed E-state index contributed by atoms with van der Waals surface area (Å²) in [4.78, 5) is 22.2. The van der Waals surface area contributed by atoms with Gasteiger partial charge in [0.2, 0.25) is 5.91 Å². The van der Waals surface area contributed by atoms with E-state index in [0.717, 1.165) is 16.0 Å². The predicted molar refractivity (Wildman–Crippen MR) is 52.4 cm³/mol. The largest absolute Gasteiger partial charge is 0.314 e. The number of carbonyl (C=O) groups excluding carboxylic acids is 1. The summed E-state index contributed by atoms with van der Waals surface area (Å²) < 4.78 is 2.04. The van der Waals surface area contributed by atoms with Crippen molar-refractivity contribution in [3.63, 3.8) is 0 Å². The molecule has 0 aliphatic heterocycles. The Hall–Kier alpha value is -1.42. The third kappa shape index (κ3) is 1.19. The number of para-hydroxylation sites is 1. The number of carbonyl (C=O) groups is 1. The third-order valence-corrected chi connectivity index (χ3v) is 2.72. The lowest BCUT2D eigenvalue weighted by atomic mass is 10.3. The van der Waals surface area contributed by atoms with Crippen molar-refractivity contribution >= 4 is 27.5 Å². The molecular weight excluding hydrogens is 186 g/mol. The quantitative estimate of drug-likeness (QED) is 0.639.